The number of thiophene rings is 1. The largest absolute Gasteiger partial charge is 0.495 e. The Hall–Kier alpha value is -0.580. The molecule has 0 aromatic carbocycles. The second kappa shape index (κ2) is 2.97. The molecule has 2 rings (SSSR count). The molecule has 0 atom stereocenters. The first-order chi connectivity index (χ1) is 6.15. The van der Waals surface area contributed by atoms with Crippen LogP contribution in [0.4, 0.5) is 0 Å². The van der Waals surface area contributed by atoms with Crippen molar-refractivity contribution in [2.24, 2.45) is 0 Å². The molecular weight excluding hydrogens is 188 g/mol. The molecule has 13 heavy (non-hydrogen) atoms. The van der Waals surface area contributed by atoms with Crippen LogP contribution in [0, 0.1) is 6.92 Å². The average molecular weight is 200 g/mol. The van der Waals surface area contributed by atoms with Gasteiger partial charge in [-0.25, -0.2) is 0 Å². The maximum Gasteiger partial charge on any atom is 0.149 e. The summed E-state index contributed by atoms with van der Waals surface area (Å²) < 4.78 is 10.2. The van der Waals surface area contributed by atoms with Gasteiger partial charge in [0, 0.05) is 4.88 Å². The number of rotatable bonds is 2. The highest BCUT2D eigenvalue weighted by atomic mass is 32.1. The lowest BCUT2D eigenvalue weighted by Gasteiger charge is -2.35. The Bertz CT molecular complexity index is 315. The van der Waals surface area contributed by atoms with E-state index in [-0.39, 0.29) is 0 Å². The SMILES string of the molecule is COc1cc(C)sc1C1(O)COC1. The first-order valence-corrected chi connectivity index (χ1v) is 4.92. The summed E-state index contributed by atoms with van der Waals surface area (Å²) in [5.41, 5.74) is -0.801. The monoisotopic (exact) mass is 200 g/mol. The quantitative estimate of drug-likeness (QED) is 0.781. The van der Waals surface area contributed by atoms with Crippen molar-refractivity contribution in [2.75, 3.05) is 20.3 Å². The van der Waals surface area contributed by atoms with E-state index in [0.29, 0.717) is 13.2 Å². The van der Waals surface area contributed by atoms with Crippen molar-refractivity contribution in [3.8, 4) is 5.75 Å². The van der Waals surface area contributed by atoms with Crippen molar-refractivity contribution >= 4 is 11.3 Å². The molecule has 1 N–H and O–H groups in total. The van der Waals surface area contributed by atoms with Gasteiger partial charge in [-0.15, -0.1) is 11.3 Å². The van der Waals surface area contributed by atoms with Crippen molar-refractivity contribution < 1.29 is 14.6 Å². The van der Waals surface area contributed by atoms with E-state index < -0.39 is 5.60 Å². The number of ether oxygens (including phenoxy) is 2. The Labute approximate surface area is 80.9 Å². The number of aliphatic hydroxyl groups is 1. The van der Waals surface area contributed by atoms with Gasteiger partial charge in [0.25, 0.3) is 0 Å². The topological polar surface area (TPSA) is 38.7 Å². The second-order valence-electron chi connectivity index (χ2n) is 3.28. The number of hydrogen-bond acceptors (Lipinski definition) is 4. The highest BCUT2D eigenvalue weighted by molar-refractivity contribution is 7.12. The van der Waals surface area contributed by atoms with Gasteiger partial charge in [0.15, 0.2) is 0 Å². The summed E-state index contributed by atoms with van der Waals surface area (Å²) in [6.45, 7) is 2.76. The van der Waals surface area contributed by atoms with Crippen molar-refractivity contribution in [3.05, 3.63) is 15.8 Å². The molecule has 2 heterocycles. The van der Waals surface area contributed by atoms with Crippen LogP contribution in [0.15, 0.2) is 6.07 Å². The van der Waals surface area contributed by atoms with Gasteiger partial charge in [0.1, 0.15) is 11.4 Å². The zero-order valence-corrected chi connectivity index (χ0v) is 8.48. The predicted molar refractivity (Wildman–Crippen MR) is 50.3 cm³/mol. The lowest BCUT2D eigenvalue weighted by molar-refractivity contribution is -0.183. The zero-order chi connectivity index (χ0) is 9.47. The third-order valence-corrected chi connectivity index (χ3v) is 3.37. The molecule has 0 saturated carbocycles. The van der Waals surface area contributed by atoms with Crippen LogP contribution in [0.1, 0.15) is 9.75 Å². The standard InChI is InChI=1S/C9H12O3S/c1-6-3-7(11-2)8(13-6)9(10)4-12-5-9/h3,10H,4-5H2,1-2H3. The van der Waals surface area contributed by atoms with E-state index in [2.05, 4.69) is 0 Å². The molecule has 1 saturated heterocycles. The molecule has 0 bridgehead atoms. The Morgan fingerprint density at radius 3 is 2.77 bits per heavy atom. The van der Waals surface area contributed by atoms with E-state index in [0.717, 1.165) is 15.5 Å². The van der Waals surface area contributed by atoms with Gasteiger partial charge in [-0.1, -0.05) is 0 Å². The molecule has 0 aliphatic carbocycles. The van der Waals surface area contributed by atoms with E-state index in [1.807, 2.05) is 13.0 Å². The van der Waals surface area contributed by atoms with Crippen LogP contribution < -0.4 is 4.74 Å². The van der Waals surface area contributed by atoms with Crippen molar-refractivity contribution in [1.29, 1.82) is 0 Å². The minimum atomic E-state index is -0.801. The van der Waals surface area contributed by atoms with Crippen LogP contribution >= 0.6 is 11.3 Å². The highest BCUT2D eigenvalue weighted by Gasteiger charge is 2.41. The average Bonchev–Trinajstić information content (AvgIpc) is 2.42. The van der Waals surface area contributed by atoms with Gasteiger partial charge in [-0.05, 0) is 13.0 Å². The normalized spacial score (nSPS) is 19.6. The van der Waals surface area contributed by atoms with Crippen LogP contribution in [0.5, 0.6) is 5.75 Å². The van der Waals surface area contributed by atoms with Gasteiger partial charge in [0.05, 0.1) is 25.2 Å². The molecule has 4 heteroatoms. The van der Waals surface area contributed by atoms with Crippen molar-refractivity contribution in [2.45, 2.75) is 12.5 Å². The third kappa shape index (κ3) is 1.35. The minimum Gasteiger partial charge on any atom is -0.495 e. The molecule has 0 radical (unpaired) electrons. The van der Waals surface area contributed by atoms with Gasteiger partial charge in [-0.3, -0.25) is 0 Å². The summed E-state index contributed by atoms with van der Waals surface area (Å²) in [6, 6.07) is 1.94. The van der Waals surface area contributed by atoms with Gasteiger partial charge >= 0.3 is 0 Å². The highest BCUT2D eigenvalue weighted by Crippen LogP contribution is 2.41. The molecule has 1 aliphatic heterocycles. The van der Waals surface area contributed by atoms with E-state index in [9.17, 15) is 5.11 Å². The molecule has 0 amide bonds. The summed E-state index contributed by atoms with van der Waals surface area (Å²) in [5.74, 6) is 0.772. The first-order valence-electron chi connectivity index (χ1n) is 4.11. The minimum absolute atomic E-state index is 0.378. The third-order valence-electron chi connectivity index (χ3n) is 2.15. The van der Waals surface area contributed by atoms with Gasteiger partial charge in [0.2, 0.25) is 0 Å². The van der Waals surface area contributed by atoms with Gasteiger partial charge < -0.3 is 14.6 Å². The van der Waals surface area contributed by atoms with Crippen molar-refractivity contribution in [3.63, 3.8) is 0 Å². The van der Waals surface area contributed by atoms with Crippen molar-refractivity contribution in [1.82, 2.24) is 0 Å². The Kier molecular flexibility index (Phi) is 2.06. The van der Waals surface area contributed by atoms with E-state index in [4.69, 9.17) is 9.47 Å². The predicted octanol–water partition coefficient (Wildman–Crippen LogP) is 1.28. The molecule has 3 nitrogen and oxygen atoms in total. The van der Waals surface area contributed by atoms with E-state index in [1.54, 1.807) is 18.4 Å². The summed E-state index contributed by atoms with van der Waals surface area (Å²) in [4.78, 5) is 2.03. The molecule has 0 unspecified atom stereocenters. The summed E-state index contributed by atoms with van der Waals surface area (Å²) in [6.07, 6.45) is 0. The maximum atomic E-state index is 10.0. The fourth-order valence-electron chi connectivity index (χ4n) is 1.39. The van der Waals surface area contributed by atoms with E-state index in [1.165, 1.54) is 0 Å². The molecule has 0 spiro atoms. The summed E-state index contributed by atoms with van der Waals surface area (Å²) in [5, 5.41) is 10.0. The lowest BCUT2D eigenvalue weighted by Crippen LogP contribution is -2.46. The zero-order valence-electron chi connectivity index (χ0n) is 7.66. The fourth-order valence-corrected chi connectivity index (χ4v) is 2.43. The molecule has 1 fully saturated rings. The molecule has 1 aliphatic rings. The second-order valence-corrected chi connectivity index (χ2v) is 4.54. The van der Waals surface area contributed by atoms with Gasteiger partial charge in [-0.2, -0.15) is 0 Å². The summed E-state index contributed by atoms with van der Waals surface area (Å²) in [7, 11) is 1.62. The number of hydrogen-bond donors (Lipinski definition) is 1. The van der Waals surface area contributed by atoms with E-state index >= 15 is 0 Å². The molecule has 1 aromatic heterocycles. The Balaban J connectivity index is 2.37. The summed E-state index contributed by atoms with van der Waals surface area (Å²) >= 11 is 1.57. The lowest BCUT2D eigenvalue weighted by atomic mass is 10.00. The molecular formula is C9H12O3S. The van der Waals surface area contributed by atoms with Crippen LogP contribution in [-0.2, 0) is 10.3 Å². The Morgan fingerprint density at radius 2 is 2.31 bits per heavy atom. The molecule has 1 aromatic rings. The molecule has 72 valence electrons. The van der Waals surface area contributed by atoms with Crippen LogP contribution in [0.3, 0.4) is 0 Å². The van der Waals surface area contributed by atoms with Crippen LogP contribution in [0.2, 0.25) is 0 Å². The van der Waals surface area contributed by atoms with Crippen LogP contribution in [0.25, 0.3) is 0 Å². The number of methoxy groups -OCH3 is 1. The number of aryl methyl sites for hydroxylation is 1. The smallest absolute Gasteiger partial charge is 0.149 e. The fraction of sp³-hybridized carbons (Fsp3) is 0.556. The first kappa shape index (κ1) is 8.99. The van der Waals surface area contributed by atoms with Crippen LogP contribution in [-0.4, -0.2) is 25.4 Å². The Morgan fingerprint density at radius 1 is 1.62 bits per heavy atom. The maximum absolute atomic E-state index is 10.0.